The molecule has 0 bridgehead atoms. The van der Waals surface area contributed by atoms with Crippen LogP contribution in [0.25, 0.3) is 0 Å². The number of carbonyl (C=O) groups is 3. The van der Waals surface area contributed by atoms with Gasteiger partial charge in [0.05, 0.1) is 0 Å². The summed E-state index contributed by atoms with van der Waals surface area (Å²) in [4.78, 5) is 36.8. The van der Waals surface area contributed by atoms with Crippen LogP contribution in [0.2, 0.25) is 0 Å². The van der Waals surface area contributed by atoms with E-state index in [0.717, 1.165) is 12.2 Å². The number of Topliss-reactive ketones (excluding diaryl/α,β-unsaturated/α-hetero) is 1. The summed E-state index contributed by atoms with van der Waals surface area (Å²) in [5, 5.41) is 2.88. The molecule has 2 aliphatic rings. The fraction of sp³-hybridized carbons (Fsp3) is 0.353. The molecule has 1 spiro atoms. The van der Waals surface area contributed by atoms with Gasteiger partial charge < -0.3 is 9.47 Å². The summed E-state index contributed by atoms with van der Waals surface area (Å²) >= 11 is 0. The molecule has 6 nitrogen and oxygen atoms in total. The molecule has 1 N–H and O–H groups in total. The molecule has 24 heavy (non-hydrogen) atoms. The molecule has 0 aromatic heterocycles. The Kier molecular flexibility index (Phi) is 3.96. The molecule has 0 amide bonds. The minimum absolute atomic E-state index is 0.149. The largest absolute Gasteiger partial charge is 0.416 e. The molecule has 1 atom stereocenters. The molecule has 126 valence electrons. The standard InChI is InChI=1S/C17H16FNO5/c1-19-17(11-4-6-12(18)7-5-11)13(20)3-2-10-16(17)23-14(21)8-9-15(22)24-16/h4-9,19H,2-3,10H2,1H3/t17-/m0/s1. The first kappa shape index (κ1) is 16.3. The summed E-state index contributed by atoms with van der Waals surface area (Å²) in [5.74, 6) is -4.16. The third kappa shape index (κ3) is 2.32. The van der Waals surface area contributed by atoms with Crippen molar-refractivity contribution in [2.75, 3.05) is 7.05 Å². The molecular weight excluding hydrogens is 317 g/mol. The highest BCUT2D eigenvalue weighted by atomic mass is 19.1. The third-order valence-electron chi connectivity index (χ3n) is 4.44. The monoisotopic (exact) mass is 333 g/mol. The predicted octanol–water partition coefficient (Wildman–Crippen LogP) is 1.35. The molecule has 1 aromatic rings. The molecule has 1 aromatic carbocycles. The summed E-state index contributed by atoms with van der Waals surface area (Å²) in [6.45, 7) is 0. The Labute approximate surface area is 137 Å². The van der Waals surface area contributed by atoms with Gasteiger partial charge in [-0.2, -0.15) is 0 Å². The first-order chi connectivity index (χ1) is 11.4. The second-order valence-corrected chi connectivity index (χ2v) is 5.71. The Morgan fingerprint density at radius 2 is 1.62 bits per heavy atom. The number of esters is 2. The van der Waals surface area contributed by atoms with Gasteiger partial charge in [-0.1, -0.05) is 12.1 Å². The van der Waals surface area contributed by atoms with E-state index in [1.54, 1.807) is 0 Å². The molecule has 0 unspecified atom stereocenters. The lowest BCUT2D eigenvalue weighted by atomic mass is 9.70. The molecule has 0 saturated heterocycles. The van der Waals surface area contributed by atoms with Crippen molar-refractivity contribution in [3.63, 3.8) is 0 Å². The van der Waals surface area contributed by atoms with Crippen LogP contribution in [-0.4, -0.2) is 30.6 Å². The van der Waals surface area contributed by atoms with E-state index in [9.17, 15) is 18.8 Å². The van der Waals surface area contributed by atoms with Crippen LogP contribution in [0.1, 0.15) is 24.8 Å². The van der Waals surface area contributed by atoms with E-state index in [0.29, 0.717) is 12.0 Å². The molecule has 7 heteroatoms. The van der Waals surface area contributed by atoms with E-state index in [1.807, 2.05) is 0 Å². The second-order valence-electron chi connectivity index (χ2n) is 5.71. The van der Waals surface area contributed by atoms with Crippen molar-refractivity contribution in [1.29, 1.82) is 0 Å². The molecule has 1 aliphatic carbocycles. The van der Waals surface area contributed by atoms with Gasteiger partial charge in [0.25, 0.3) is 5.79 Å². The lowest BCUT2D eigenvalue weighted by molar-refractivity contribution is -0.257. The van der Waals surface area contributed by atoms with E-state index < -0.39 is 29.1 Å². The maximum absolute atomic E-state index is 13.3. The molecule has 1 fully saturated rings. The van der Waals surface area contributed by atoms with Crippen molar-refractivity contribution in [3.05, 3.63) is 47.8 Å². The summed E-state index contributed by atoms with van der Waals surface area (Å²) in [7, 11) is 1.51. The molecule has 1 saturated carbocycles. The van der Waals surface area contributed by atoms with Crippen molar-refractivity contribution >= 4 is 17.7 Å². The van der Waals surface area contributed by atoms with Crippen LogP contribution in [0, 0.1) is 5.82 Å². The number of halogens is 1. The van der Waals surface area contributed by atoms with Gasteiger partial charge in [0.2, 0.25) is 0 Å². The van der Waals surface area contributed by atoms with Crippen LogP contribution >= 0.6 is 0 Å². The average molecular weight is 333 g/mol. The Morgan fingerprint density at radius 3 is 2.17 bits per heavy atom. The number of nitrogens with one attached hydrogen (secondary N) is 1. The van der Waals surface area contributed by atoms with Crippen molar-refractivity contribution < 1.29 is 28.2 Å². The number of likely N-dealkylation sites (N-methyl/N-ethyl adjacent to an activating group) is 1. The Hall–Kier alpha value is -2.54. The average Bonchev–Trinajstić information content (AvgIpc) is 2.68. The van der Waals surface area contributed by atoms with E-state index in [1.165, 1.54) is 31.3 Å². The van der Waals surface area contributed by atoms with Gasteiger partial charge in [-0.3, -0.25) is 10.1 Å². The number of ketones is 1. The highest BCUT2D eigenvalue weighted by molar-refractivity contribution is 5.97. The molecule has 1 heterocycles. The Morgan fingerprint density at radius 1 is 1.04 bits per heavy atom. The van der Waals surface area contributed by atoms with Crippen LogP contribution in [0.15, 0.2) is 36.4 Å². The number of hydrogen-bond donors (Lipinski definition) is 1. The number of hydrogen-bond acceptors (Lipinski definition) is 6. The lowest BCUT2D eigenvalue weighted by Gasteiger charge is -2.49. The quantitative estimate of drug-likeness (QED) is 0.823. The van der Waals surface area contributed by atoms with Crippen molar-refractivity contribution in [2.24, 2.45) is 0 Å². The number of benzene rings is 1. The van der Waals surface area contributed by atoms with Crippen LogP contribution in [-0.2, 0) is 29.4 Å². The maximum atomic E-state index is 13.3. The van der Waals surface area contributed by atoms with Crippen LogP contribution in [0.4, 0.5) is 4.39 Å². The predicted molar refractivity (Wildman–Crippen MR) is 80.1 cm³/mol. The topological polar surface area (TPSA) is 81.7 Å². The summed E-state index contributed by atoms with van der Waals surface area (Å²) in [6, 6.07) is 5.22. The maximum Gasteiger partial charge on any atom is 0.334 e. The molecular formula is C17H16FNO5. The van der Waals surface area contributed by atoms with Crippen LogP contribution in [0.5, 0.6) is 0 Å². The summed E-state index contributed by atoms with van der Waals surface area (Å²) in [6.07, 6.45) is 2.67. The van der Waals surface area contributed by atoms with Gasteiger partial charge in [0.15, 0.2) is 11.3 Å². The van der Waals surface area contributed by atoms with Gasteiger partial charge in [-0.05, 0) is 31.2 Å². The molecule has 1 aliphatic heterocycles. The van der Waals surface area contributed by atoms with Gasteiger partial charge in [-0.25, -0.2) is 14.0 Å². The number of carbonyl (C=O) groups excluding carboxylic acids is 3. The zero-order valence-electron chi connectivity index (χ0n) is 13.0. The zero-order valence-corrected chi connectivity index (χ0v) is 13.0. The highest BCUT2D eigenvalue weighted by Gasteiger charge is 2.64. The van der Waals surface area contributed by atoms with Gasteiger partial charge >= 0.3 is 11.9 Å². The summed E-state index contributed by atoms with van der Waals surface area (Å²) < 4.78 is 24.2. The van der Waals surface area contributed by atoms with E-state index in [2.05, 4.69) is 5.32 Å². The first-order valence-electron chi connectivity index (χ1n) is 7.56. The Balaban J connectivity index is 2.21. The normalized spacial score (nSPS) is 26.0. The van der Waals surface area contributed by atoms with Crippen molar-refractivity contribution in [2.45, 2.75) is 30.6 Å². The minimum Gasteiger partial charge on any atom is -0.416 e. The van der Waals surface area contributed by atoms with Crippen molar-refractivity contribution in [3.8, 4) is 0 Å². The fourth-order valence-corrected chi connectivity index (χ4v) is 3.43. The van der Waals surface area contributed by atoms with Gasteiger partial charge in [0.1, 0.15) is 5.82 Å². The third-order valence-corrected chi connectivity index (χ3v) is 4.44. The smallest absolute Gasteiger partial charge is 0.334 e. The van der Waals surface area contributed by atoms with Crippen LogP contribution in [0.3, 0.4) is 0 Å². The molecule has 3 rings (SSSR count). The summed E-state index contributed by atoms with van der Waals surface area (Å²) in [5.41, 5.74) is -1.24. The van der Waals surface area contributed by atoms with E-state index >= 15 is 0 Å². The zero-order chi connectivity index (χ0) is 17.4. The van der Waals surface area contributed by atoms with Crippen LogP contribution < -0.4 is 5.32 Å². The SMILES string of the molecule is CN[C@@]1(c2ccc(F)cc2)C(=O)CCCC12OC(=O)C=CC(=O)O2. The minimum atomic E-state index is -1.83. The number of rotatable bonds is 2. The molecule has 0 radical (unpaired) electrons. The Bertz CT molecular complexity index is 707. The van der Waals surface area contributed by atoms with Gasteiger partial charge in [-0.15, -0.1) is 0 Å². The fourth-order valence-electron chi connectivity index (χ4n) is 3.43. The van der Waals surface area contributed by atoms with E-state index in [-0.39, 0.29) is 18.6 Å². The number of ether oxygens (including phenoxy) is 2. The first-order valence-corrected chi connectivity index (χ1v) is 7.56. The van der Waals surface area contributed by atoms with E-state index in [4.69, 9.17) is 9.47 Å². The lowest BCUT2D eigenvalue weighted by Crippen LogP contribution is -2.68. The second kappa shape index (κ2) is 5.83. The van der Waals surface area contributed by atoms with Crippen molar-refractivity contribution in [1.82, 2.24) is 5.32 Å². The highest BCUT2D eigenvalue weighted by Crippen LogP contribution is 2.46. The van der Waals surface area contributed by atoms with Gasteiger partial charge in [0, 0.05) is 25.0 Å².